The van der Waals surface area contributed by atoms with Crippen molar-refractivity contribution >= 4 is 26.7 Å². The van der Waals surface area contributed by atoms with Crippen molar-refractivity contribution in [3.8, 4) is 11.5 Å². The highest BCUT2D eigenvalue weighted by Gasteiger charge is 2.35. The zero-order chi connectivity index (χ0) is 19.3. The lowest BCUT2D eigenvalue weighted by Crippen LogP contribution is -2.49. The van der Waals surface area contributed by atoms with Crippen molar-refractivity contribution < 1.29 is 9.76 Å². The second kappa shape index (κ2) is 8.44. The number of benzene rings is 1. The van der Waals surface area contributed by atoms with Crippen LogP contribution in [0.4, 0.5) is 5.69 Å². The maximum absolute atomic E-state index is 10.2. The molecule has 1 aromatic carbocycles. The zero-order valence-electron chi connectivity index (χ0n) is 16.9. The number of hydrogen-bond acceptors (Lipinski definition) is 3. The monoisotopic (exact) mass is 358 g/mol. The van der Waals surface area contributed by atoms with E-state index in [4.69, 9.17) is 10.4 Å². The first kappa shape index (κ1) is 21.8. The maximum Gasteiger partial charge on any atom is 0.331 e. The molecule has 0 heterocycles. The Kier molecular flexibility index (Phi) is 7.37. The average Bonchev–Trinajstić information content (AvgIpc) is 2.53. The summed E-state index contributed by atoms with van der Waals surface area (Å²) in [5.74, 6) is 3.35. The summed E-state index contributed by atoms with van der Waals surface area (Å²) in [7, 11) is 0.172. The van der Waals surface area contributed by atoms with Crippen LogP contribution in [0.15, 0.2) is 18.2 Å². The molecule has 0 saturated carbocycles. The number of hydrogen-bond donors (Lipinski definition) is 2. The van der Waals surface area contributed by atoms with Gasteiger partial charge in [0.05, 0.1) is 11.2 Å². The molecule has 0 aliphatic carbocycles. The minimum absolute atomic E-state index is 0.666. The van der Waals surface area contributed by atoms with E-state index in [-0.39, 0.29) is 0 Å². The lowest BCUT2D eigenvalue weighted by Gasteiger charge is -2.37. The van der Waals surface area contributed by atoms with E-state index in [0.29, 0.717) is 5.69 Å². The van der Waals surface area contributed by atoms with Crippen molar-refractivity contribution in [1.82, 2.24) is 0 Å². The zero-order valence-corrected chi connectivity index (χ0v) is 17.9. The first-order chi connectivity index (χ1) is 11.5. The number of anilines is 1. The Morgan fingerprint density at radius 2 is 1.64 bits per heavy atom. The van der Waals surface area contributed by atoms with Gasteiger partial charge in [0.25, 0.3) is 0 Å². The molecule has 3 nitrogen and oxygen atoms in total. The van der Waals surface area contributed by atoms with Crippen LogP contribution in [0.3, 0.4) is 0 Å². The number of aliphatic hydroxyl groups is 1. The molecule has 0 amide bonds. The summed E-state index contributed by atoms with van der Waals surface area (Å²) in [6, 6.07) is 9.29. The molecular formula is C20H33BNO2Si. The maximum atomic E-state index is 10.2. The Labute approximate surface area is 155 Å². The lowest BCUT2D eigenvalue weighted by molar-refractivity contribution is -0.0893. The second-order valence-corrected chi connectivity index (χ2v) is 12.7. The van der Waals surface area contributed by atoms with Gasteiger partial charge in [-0.25, -0.2) is 0 Å². The molecule has 1 rings (SSSR count). The summed E-state index contributed by atoms with van der Waals surface area (Å²) in [5, 5.41) is 10.2. The predicted molar refractivity (Wildman–Crippen MR) is 112 cm³/mol. The molecule has 0 saturated heterocycles. The van der Waals surface area contributed by atoms with Crippen molar-refractivity contribution in [3.05, 3.63) is 23.8 Å². The molecule has 5 heteroatoms. The SMILES string of the molecule is CC[Si](C#Cc1cc(N)cc([B]OC(C)(C)C(C)(C)O)c1)(CC)CC. The van der Waals surface area contributed by atoms with E-state index in [0.717, 1.165) is 11.0 Å². The standard InChI is InChI=1S/C20H33BNO2Si/c1-8-25(9-2,10-3)12-11-16-13-17(15-18(22)14-16)21-24-20(6,7)19(4,5)23/h13-15,23H,8-10,22H2,1-7H3. The molecule has 0 spiro atoms. The van der Waals surface area contributed by atoms with Crippen LogP contribution in [0.2, 0.25) is 18.1 Å². The fourth-order valence-corrected chi connectivity index (χ4v) is 4.84. The van der Waals surface area contributed by atoms with E-state index in [1.165, 1.54) is 18.1 Å². The quantitative estimate of drug-likeness (QED) is 0.446. The minimum atomic E-state index is -1.48. The Hall–Kier alpha value is -1.22. The van der Waals surface area contributed by atoms with Gasteiger partial charge in [0.2, 0.25) is 0 Å². The Morgan fingerprint density at radius 3 is 2.12 bits per heavy atom. The molecule has 0 fully saturated rings. The van der Waals surface area contributed by atoms with E-state index in [2.05, 4.69) is 32.2 Å². The van der Waals surface area contributed by atoms with Gasteiger partial charge in [-0.2, -0.15) is 0 Å². The van der Waals surface area contributed by atoms with Crippen molar-refractivity contribution in [2.45, 2.75) is 77.8 Å². The highest BCUT2D eigenvalue weighted by Crippen LogP contribution is 2.24. The number of nitrogens with two attached hydrogens (primary N) is 1. The Balaban J connectivity index is 3.02. The van der Waals surface area contributed by atoms with E-state index >= 15 is 0 Å². The van der Waals surface area contributed by atoms with Crippen molar-refractivity contribution in [2.24, 2.45) is 0 Å². The average molecular weight is 358 g/mol. The summed E-state index contributed by atoms with van der Waals surface area (Å²) in [5.41, 5.74) is 10.4. The molecule has 0 aliphatic rings. The summed E-state index contributed by atoms with van der Waals surface area (Å²) in [6.07, 6.45) is 0. The molecule has 25 heavy (non-hydrogen) atoms. The van der Waals surface area contributed by atoms with Crippen molar-refractivity contribution in [1.29, 1.82) is 0 Å². The van der Waals surface area contributed by atoms with Crippen LogP contribution >= 0.6 is 0 Å². The molecule has 0 unspecified atom stereocenters. The van der Waals surface area contributed by atoms with Gasteiger partial charge in [-0.05, 0) is 64.0 Å². The molecule has 0 atom stereocenters. The summed E-state index contributed by atoms with van der Waals surface area (Å²) in [4.78, 5) is 0. The third-order valence-corrected chi connectivity index (χ3v) is 10.2. The normalized spacial score (nSPS) is 12.5. The smallest absolute Gasteiger partial charge is 0.331 e. The van der Waals surface area contributed by atoms with Gasteiger partial charge in [0.1, 0.15) is 8.07 Å². The Bertz CT molecular complexity index is 629. The van der Waals surface area contributed by atoms with Crippen molar-refractivity contribution in [3.63, 3.8) is 0 Å². The van der Waals surface area contributed by atoms with Gasteiger partial charge < -0.3 is 15.5 Å². The van der Waals surface area contributed by atoms with E-state index in [9.17, 15) is 5.11 Å². The number of nitrogen functional groups attached to an aromatic ring is 1. The second-order valence-electron chi connectivity index (χ2n) is 7.78. The highest BCUT2D eigenvalue weighted by molar-refractivity contribution is 6.87. The molecule has 1 aromatic rings. The van der Waals surface area contributed by atoms with Gasteiger partial charge in [-0.3, -0.25) is 0 Å². The van der Waals surface area contributed by atoms with Crippen LogP contribution in [0.25, 0.3) is 0 Å². The predicted octanol–water partition coefficient (Wildman–Crippen LogP) is 3.48. The van der Waals surface area contributed by atoms with Gasteiger partial charge >= 0.3 is 7.48 Å². The molecule has 3 N–H and O–H groups in total. The summed E-state index contributed by atoms with van der Waals surface area (Å²) >= 11 is 0. The number of rotatable bonds is 7. The van der Waals surface area contributed by atoms with Crippen LogP contribution < -0.4 is 11.2 Å². The van der Waals surface area contributed by atoms with Gasteiger partial charge in [0, 0.05) is 11.3 Å². The van der Waals surface area contributed by atoms with Crippen molar-refractivity contribution in [2.75, 3.05) is 5.73 Å². The van der Waals surface area contributed by atoms with E-state index < -0.39 is 19.3 Å². The highest BCUT2D eigenvalue weighted by atomic mass is 28.3. The van der Waals surface area contributed by atoms with E-state index in [1.54, 1.807) is 21.3 Å². The molecule has 137 valence electrons. The third-order valence-electron chi connectivity index (χ3n) is 5.44. The van der Waals surface area contributed by atoms with Gasteiger partial charge in [-0.1, -0.05) is 32.2 Å². The van der Waals surface area contributed by atoms with Crippen LogP contribution in [0, 0.1) is 11.5 Å². The lowest BCUT2D eigenvalue weighted by atomic mass is 9.82. The van der Waals surface area contributed by atoms with Gasteiger partial charge in [0.15, 0.2) is 0 Å². The fraction of sp³-hybridized carbons (Fsp3) is 0.600. The first-order valence-corrected chi connectivity index (χ1v) is 11.8. The Morgan fingerprint density at radius 1 is 1.08 bits per heavy atom. The molecular weight excluding hydrogens is 325 g/mol. The summed E-state index contributed by atoms with van der Waals surface area (Å²) < 4.78 is 5.83. The molecule has 0 bridgehead atoms. The van der Waals surface area contributed by atoms with Crippen LogP contribution in [0.1, 0.15) is 54.0 Å². The summed E-state index contributed by atoms with van der Waals surface area (Å²) in [6.45, 7) is 13.9. The first-order valence-electron chi connectivity index (χ1n) is 9.15. The largest absolute Gasteiger partial charge is 0.427 e. The van der Waals surface area contributed by atoms with Crippen LogP contribution in [0.5, 0.6) is 0 Å². The molecule has 0 aromatic heterocycles. The van der Waals surface area contributed by atoms with Crippen LogP contribution in [-0.2, 0) is 4.65 Å². The third kappa shape index (κ3) is 5.92. The molecule has 1 radical (unpaired) electrons. The minimum Gasteiger partial charge on any atom is -0.427 e. The fourth-order valence-electron chi connectivity index (χ4n) is 2.40. The van der Waals surface area contributed by atoms with E-state index in [1.807, 2.05) is 32.0 Å². The van der Waals surface area contributed by atoms with Crippen LogP contribution in [-0.4, -0.2) is 31.9 Å². The van der Waals surface area contributed by atoms with Gasteiger partial charge in [-0.15, -0.1) is 5.54 Å². The molecule has 0 aliphatic heterocycles. The topological polar surface area (TPSA) is 55.5 Å².